The second-order valence-corrected chi connectivity index (χ2v) is 3.43. The van der Waals surface area contributed by atoms with E-state index < -0.39 is 12.1 Å². The van der Waals surface area contributed by atoms with Gasteiger partial charge in [0.1, 0.15) is 11.6 Å². The maximum Gasteiger partial charge on any atom is 0.344 e. The second kappa shape index (κ2) is 5.46. The summed E-state index contributed by atoms with van der Waals surface area (Å²) in [6, 6.07) is 3.93. The average molecular weight is 227 g/mol. The number of hydrogen-bond donors (Lipinski definition) is 2. The summed E-state index contributed by atoms with van der Waals surface area (Å²) in [6.45, 7) is 1.87. The van der Waals surface area contributed by atoms with E-state index in [1.165, 1.54) is 18.2 Å². The molecule has 0 radical (unpaired) electrons. The zero-order chi connectivity index (χ0) is 12.1. The van der Waals surface area contributed by atoms with Gasteiger partial charge in [-0.25, -0.2) is 9.18 Å². The van der Waals surface area contributed by atoms with E-state index in [0.29, 0.717) is 11.3 Å². The van der Waals surface area contributed by atoms with Crippen LogP contribution in [0.5, 0.6) is 5.75 Å². The van der Waals surface area contributed by atoms with Crippen LogP contribution in [0.15, 0.2) is 18.2 Å². The van der Waals surface area contributed by atoms with Gasteiger partial charge in [-0.1, -0.05) is 0 Å². The molecule has 0 saturated heterocycles. The number of carboxylic acid groups (broad SMARTS) is 1. The Kier molecular flexibility index (Phi) is 4.25. The molecule has 5 heteroatoms. The molecule has 0 aliphatic rings. The van der Waals surface area contributed by atoms with E-state index in [2.05, 4.69) is 0 Å². The van der Waals surface area contributed by atoms with Crippen molar-refractivity contribution in [1.29, 1.82) is 0 Å². The number of carboxylic acids is 1. The maximum atomic E-state index is 12.8. The lowest BCUT2D eigenvalue weighted by atomic mass is 10.2. The van der Waals surface area contributed by atoms with Gasteiger partial charge >= 0.3 is 5.97 Å². The SMILES string of the molecule is Cc1cc(F)ccc1OC(CCN)C(=O)O. The third-order valence-corrected chi connectivity index (χ3v) is 2.11. The molecule has 1 rings (SSSR count). The highest BCUT2D eigenvalue weighted by Gasteiger charge is 2.19. The number of benzene rings is 1. The molecule has 0 saturated carbocycles. The minimum absolute atomic E-state index is 0.214. The van der Waals surface area contributed by atoms with E-state index in [-0.39, 0.29) is 18.8 Å². The van der Waals surface area contributed by atoms with E-state index in [9.17, 15) is 9.18 Å². The summed E-state index contributed by atoms with van der Waals surface area (Å²) in [5, 5.41) is 8.86. The average Bonchev–Trinajstić information content (AvgIpc) is 2.20. The predicted octanol–water partition coefficient (Wildman–Crippen LogP) is 1.31. The number of aliphatic carboxylic acids is 1. The quantitative estimate of drug-likeness (QED) is 0.795. The van der Waals surface area contributed by atoms with Crippen molar-refractivity contribution in [2.24, 2.45) is 5.73 Å². The van der Waals surface area contributed by atoms with Gasteiger partial charge in [0.05, 0.1) is 0 Å². The van der Waals surface area contributed by atoms with E-state index in [0.717, 1.165) is 0 Å². The lowest BCUT2D eigenvalue weighted by molar-refractivity contribution is -0.145. The number of rotatable bonds is 5. The molecule has 16 heavy (non-hydrogen) atoms. The van der Waals surface area contributed by atoms with Gasteiger partial charge in [-0.15, -0.1) is 0 Å². The third-order valence-electron chi connectivity index (χ3n) is 2.11. The molecule has 0 aromatic heterocycles. The van der Waals surface area contributed by atoms with Crippen LogP contribution in [-0.2, 0) is 4.79 Å². The molecule has 0 spiro atoms. The fourth-order valence-electron chi connectivity index (χ4n) is 1.28. The predicted molar refractivity (Wildman–Crippen MR) is 56.9 cm³/mol. The maximum absolute atomic E-state index is 12.8. The normalized spacial score (nSPS) is 12.2. The molecule has 0 fully saturated rings. The van der Waals surface area contributed by atoms with Gasteiger partial charge in [0.25, 0.3) is 0 Å². The molecule has 88 valence electrons. The smallest absolute Gasteiger partial charge is 0.344 e. The van der Waals surface area contributed by atoms with Crippen LogP contribution in [0, 0.1) is 12.7 Å². The van der Waals surface area contributed by atoms with Crippen LogP contribution in [0.3, 0.4) is 0 Å². The highest BCUT2D eigenvalue weighted by Crippen LogP contribution is 2.20. The minimum Gasteiger partial charge on any atom is -0.479 e. The van der Waals surface area contributed by atoms with Gasteiger partial charge in [-0.2, -0.15) is 0 Å². The molecular formula is C11H14FNO3. The van der Waals surface area contributed by atoms with Crippen molar-refractivity contribution in [2.45, 2.75) is 19.4 Å². The van der Waals surface area contributed by atoms with Crippen LogP contribution in [0.2, 0.25) is 0 Å². The van der Waals surface area contributed by atoms with Crippen molar-refractivity contribution in [3.05, 3.63) is 29.6 Å². The van der Waals surface area contributed by atoms with Gasteiger partial charge in [0, 0.05) is 6.42 Å². The highest BCUT2D eigenvalue weighted by atomic mass is 19.1. The van der Waals surface area contributed by atoms with E-state index >= 15 is 0 Å². The molecule has 0 amide bonds. The molecule has 0 aliphatic carbocycles. The molecule has 1 aromatic carbocycles. The van der Waals surface area contributed by atoms with Crippen molar-refractivity contribution in [3.63, 3.8) is 0 Å². The Hall–Kier alpha value is -1.62. The summed E-state index contributed by atoms with van der Waals surface area (Å²) in [6.07, 6.45) is -0.777. The first kappa shape index (κ1) is 12.4. The summed E-state index contributed by atoms with van der Waals surface area (Å²) in [5.41, 5.74) is 5.84. The monoisotopic (exact) mass is 227 g/mol. The fourth-order valence-corrected chi connectivity index (χ4v) is 1.28. The van der Waals surface area contributed by atoms with Crippen molar-refractivity contribution >= 4 is 5.97 Å². The zero-order valence-corrected chi connectivity index (χ0v) is 8.94. The first-order valence-electron chi connectivity index (χ1n) is 4.90. The topological polar surface area (TPSA) is 72.5 Å². The lowest BCUT2D eigenvalue weighted by Crippen LogP contribution is -2.29. The molecule has 3 N–H and O–H groups in total. The van der Waals surface area contributed by atoms with Crippen molar-refractivity contribution < 1.29 is 19.0 Å². The number of nitrogens with two attached hydrogens (primary N) is 1. The van der Waals surface area contributed by atoms with Crippen LogP contribution in [-0.4, -0.2) is 23.7 Å². The molecule has 0 aliphatic heterocycles. The third kappa shape index (κ3) is 3.20. The Morgan fingerprint density at radius 1 is 1.62 bits per heavy atom. The second-order valence-electron chi connectivity index (χ2n) is 3.43. The Morgan fingerprint density at radius 2 is 2.31 bits per heavy atom. The summed E-state index contributed by atoms with van der Waals surface area (Å²) in [5.74, 6) is -1.09. The summed E-state index contributed by atoms with van der Waals surface area (Å²) in [7, 11) is 0. The molecule has 0 heterocycles. The number of aryl methyl sites for hydroxylation is 1. The van der Waals surface area contributed by atoms with Gasteiger partial charge < -0.3 is 15.6 Å². The van der Waals surface area contributed by atoms with Gasteiger partial charge in [-0.3, -0.25) is 0 Å². The zero-order valence-electron chi connectivity index (χ0n) is 8.94. The van der Waals surface area contributed by atoms with E-state index in [1.54, 1.807) is 6.92 Å². The first-order valence-corrected chi connectivity index (χ1v) is 4.90. The van der Waals surface area contributed by atoms with E-state index in [4.69, 9.17) is 15.6 Å². The van der Waals surface area contributed by atoms with Gasteiger partial charge in [0.15, 0.2) is 6.10 Å². The Morgan fingerprint density at radius 3 is 2.81 bits per heavy atom. The van der Waals surface area contributed by atoms with Crippen LogP contribution >= 0.6 is 0 Å². The Balaban J connectivity index is 2.81. The largest absolute Gasteiger partial charge is 0.479 e. The number of carbonyl (C=O) groups is 1. The molecule has 1 aromatic rings. The molecular weight excluding hydrogens is 213 g/mol. The summed E-state index contributed by atoms with van der Waals surface area (Å²) < 4.78 is 18.1. The first-order chi connectivity index (χ1) is 7.54. The summed E-state index contributed by atoms with van der Waals surface area (Å²) in [4.78, 5) is 10.8. The van der Waals surface area contributed by atoms with Crippen molar-refractivity contribution in [3.8, 4) is 5.75 Å². The van der Waals surface area contributed by atoms with Crippen LogP contribution in [0.1, 0.15) is 12.0 Å². The molecule has 0 bridgehead atoms. The van der Waals surface area contributed by atoms with Gasteiger partial charge in [-0.05, 0) is 37.2 Å². The lowest BCUT2D eigenvalue weighted by Gasteiger charge is -2.15. The summed E-state index contributed by atoms with van der Waals surface area (Å²) >= 11 is 0. The standard InChI is InChI=1S/C11H14FNO3/c1-7-6-8(12)2-3-9(7)16-10(4-5-13)11(14)15/h2-3,6,10H,4-5,13H2,1H3,(H,14,15). The van der Waals surface area contributed by atoms with Crippen LogP contribution < -0.4 is 10.5 Å². The van der Waals surface area contributed by atoms with Crippen molar-refractivity contribution in [2.75, 3.05) is 6.54 Å². The van der Waals surface area contributed by atoms with Crippen LogP contribution in [0.25, 0.3) is 0 Å². The fraction of sp³-hybridized carbons (Fsp3) is 0.364. The Bertz CT molecular complexity index is 381. The van der Waals surface area contributed by atoms with Crippen molar-refractivity contribution in [1.82, 2.24) is 0 Å². The number of ether oxygens (including phenoxy) is 1. The molecule has 1 unspecified atom stereocenters. The van der Waals surface area contributed by atoms with Gasteiger partial charge in [0.2, 0.25) is 0 Å². The molecule has 1 atom stereocenters. The number of halogens is 1. The van der Waals surface area contributed by atoms with E-state index in [1.807, 2.05) is 0 Å². The highest BCUT2D eigenvalue weighted by molar-refractivity contribution is 5.72. The molecule has 4 nitrogen and oxygen atoms in total. The van der Waals surface area contributed by atoms with Crippen LogP contribution in [0.4, 0.5) is 4.39 Å². The Labute approximate surface area is 92.8 Å². The number of hydrogen-bond acceptors (Lipinski definition) is 3. The minimum atomic E-state index is -1.07.